The smallest absolute Gasteiger partial charge is 0.0704 e. The van der Waals surface area contributed by atoms with Crippen LogP contribution in [0.25, 0.3) is 11.3 Å². The summed E-state index contributed by atoms with van der Waals surface area (Å²) in [6, 6.07) is 14.1. The van der Waals surface area contributed by atoms with Gasteiger partial charge in [-0.25, -0.2) is 0 Å². The molecular formula is C16H19N. The average Bonchev–Trinajstić information content (AvgIpc) is 2.47. The van der Waals surface area contributed by atoms with Gasteiger partial charge in [0.2, 0.25) is 0 Å². The summed E-state index contributed by atoms with van der Waals surface area (Å²) in [5.41, 5.74) is 3.11. The van der Waals surface area contributed by atoms with Crippen LogP contribution >= 0.6 is 0 Å². The van der Waals surface area contributed by atoms with Crippen LogP contribution in [0.1, 0.15) is 39.5 Å². The summed E-state index contributed by atoms with van der Waals surface area (Å²) < 4.78 is 8.49. The van der Waals surface area contributed by atoms with E-state index in [9.17, 15) is 0 Å². The molecule has 0 radical (unpaired) electrons. The van der Waals surface area contributed by atoms with Gasteiger partial charge < -0.3 is 0 Å². The molecule has 0 bridgehead atoms. The fourth-order valence-electron chi connectivity index (χ4n) is 2.08. The fourth-order valence-corrected chi connectivity index (χ4v) is 2.08. The molecule has 0 aliphatic rings. The summed E-state index contributed by atoms with van der Waals surface area (Å²) in [4.78, 5) is 4.41. The molecule has 88 valence electrons. The first-order valence-electron chi connectivity index (χ1n) is 6.71. The van der Waals surface area contributed by atoms with E-state index >= 15 is 0 Å². The minimum Gasteiger partial charge on any atom is -0.256 e. The van der Waals surface area contributed by atoms with Gasteiger partial charge in [0, 0.05) is 13.1 Å². The van der Waals surface area contributed by atoms with Crippen molar-refractivity contribution in [1.82, 2.24) is 4.98 Å². The van der Waals surface area contributed by atoms with Gasteiger partial charge >= 0.3 is 0 Å². The highest BCUT2D eigenvalue weighted by molar-refractivity contribution is 5.59. The Bertz CT molecular complexity index is 504. The second-order valence-corrected chi connectivity index (χ2v) is 4.11. The van der Waals surface area contributed by atoms with Gasteiger partial charge in [-0.2, -0.15) is 0 Å². The summed E-state index contributed by atoms with van der Waals surface area (Å²) in [5, 5.41) is 0. The zero-order valence-electron chi connectivity index (χ0n) is 11.5. The highest BCUT2D eigenvalue weighted by atomic mass is 14.7. The predicted molar refractivity (Wildman–Crippen MR) is 73.0 cm³/mol. The highest BCUT2D eigenvalue weighted by Crippen LogP contribution is 2.26. The van der Waals surface area contributed by atoms with E-state index in [2.05, 4.69) is 37.0 Å². The maximum absolute atomic E-state index is 8.49. The third kappa shape index (κ3) is 2.73. The number of nitrogens with zero attached hydrogens (tertiary/aromatic N) is 1. The molecule has 0 saturated heterocycles. The second-order valence-electron chi connectivity index (χ2n) is 4.11. The standard InChI is InChI=1S/C16H19N/c1-3-13(4-2)15-10-11-17-16(12-15)14-8-6-5-7-9-14/h5-13H,3-4H2,1-2H3/i13D. The van der Waals surface area contributed by atoms with Crippen molar-refractivity contribution in [2.45, 2.75) is 32.6 Å². The Labute approximate surface area is 105 Å². The molecule has 17 heavy (non-hydrogen) atoms. The SMILES string of the molecule is [2H]C(CC)(CC)c1ccnc(-c2ccccc2)c1. The molecule has 1 heterocycles. The van der Waals surface area contributed by atoms with Crippen LogP contribution < -0.4 is 0 Å². The van der Waals surface area contributed by atoms with Crippen LogP contribution in [0.5, 0.6) is 0 Å². The van der Waals surface area contributed by atoms with Crippen molar-refractivity contribution in [3.05, 3.63) is 54.2 Å². The number of hydrogen-bond donors (Lipinski definition) is 0. The van der Waals surface area contributed by atoms with Crippen molar-refractivity contribution >= 4 is 0 Å². The summed E-state index contributed by atoms with van der Waals surface area (Å²) in [6.45, 7) is 4.14. The van der Waals surface area contributed by atoms with E-state index < -0.39 is 5.89 Å². The molecule has 0 saturated carbocycles. The first-order chi connectivity index (χ1) is 8.69. The Balaban J connectivity index is 2.43. The van der Waals surface area contributed by atoms with Gasteiger partial charge in [0.15, 0.2) is 0 Å². The van der Waals surface area contributed by atoms with E-state index in [0.29, 0.717) is 0 Å². The van der Waals surface area contributed by atoms with Crippen molar-refractivity contribution in [2.75, 3.05) is 0 Å². The molecule has 0 atom stereocenters. The van der Waals surface area contributed by atoms with Crippen molar-refractivity contribution < 1.29 is 1.37 Å². The Morgan fingerprint density at radius 1 is 1.12 bits per heavy atom. The average molecular weight is 226 g/mol. The number of rotatable bonds is 4. The summed E-state index contributed by atoms with van der Waals surface area (Å²) in [6.07, 6.45) is 3.45. The first kappa shape index (κ1) is 10.5. The van der Waals surface area contributed by atoms with Crippen LogP contribution in [-0.2, 0) is 0 Å². The molecule has 2 rings (SSSR count). The number of pyridine rings is 1. The maximum atomic E-state index is 8.49. The molecule has 0 aliphatic heterocycles. The third-order valence-corrected chi connectivity index (χ3v) is 3.09. The van der Waals surface area contributed by atoms with Crippen molar-refractivity contribution in [2.24, 2.45) is 0 Å². The molecule has 0 amide bonds. The number of hydrogen-bond acceptors (Lipinski definition) is 1. The molecule has 1 aromatic heterocycles. The lowest BCUT2D eigenvalue weighted by Crippen LogP contribution is -1.96. The molecule has 1 aromatic carbocycles. The molecule has 0 unspecified atom stereocenters. The number of benzene rings is 1. The Hall–Kier alpha value is -1.63. The summed E-state index contributed by atoms with van der Waals surface area (Å²) in [7, 11) is 0. The molecule has 0 aliphatic carbocycles. The molecule has 0 spiro atoms. The number of aromatic nitrogens is 1. The van der Waals surface area contributed by atoms with E-state index in [1.54, 1.807) is 0 Å². The van der Waals surface area contributed by atoms with Crippen LogP contribution in [0.4, 0.5) is 0 Å². The minimum absolute atomic E-state index is 0.494. The normalized spacial score (nSPS) is 12.2. The second kappa shape index (κ2) is 5.62. The van der Waals surface area contributed by atoms with Gasteiger partial charge in [-0.05, 0) is 36.4 Å². The van der Waals surface area contributed by atoms with Crippen LogP contribution in [0.15, 0.2) is 48.7 Å². The first-order valence-corrected chi connectivity index (χ1v) is 6.21. The van der Waals surface area contributed by atoms with Gasteiger partial charge in [0.05, 0.1) is 5.69 Å². The van der Waals surface area contributed by atoms with E-state index in [4.69, 9.17) is 1.37 Å². The van der Waals surface area contributed by atoms with Crippen molar-refractivity contribution in [3.63, 3.8) is 0 Å². The molecular weight excluding hydrogens is 206 g/mol. The lowest BCUT2D eigenvalue weighted by atomic mass is 9.93. The van der Waals surface area contributed by atoms with E-state index in [1.807, 2.05) is 30.5 Å². The monoisotopic (exact) mass is 226 g/mol. The van der Waals surface area contributed by atoms with Crippen LogP contribution in [-0.4, -0.2) is 4.98 Å². The zero-order valence-corrected chi connectivity index (χ0v) is 10.5. The van der Waals surface area contributed by atoms with E-state index in [-0.39, 0.29) is 0 Å². The van der Waals surface area contributed by atoms with Crippen molar-refractivity contribution in [3.8, 4) is 11.3 Å². The Morgan fingerprint density at radius 3 is 2.47 bits per heavy atom. The van der Waals surface area contributed by atoms with Gasteiger partial charge in [-0.1, -0.05) is 44.2 Å². The van der Waals surface area contributed by atoms with Crippen LogP contribution in [0, 0.1) is 0 Å². The Kier molecular flexibility index (Phi) is 3.48. The van der Waals surface area contributed by atoms with Gasteiger partial charge in [-0.15, -0.1) is 0 Å². The summed E-state index contributed by atoms with van der Waals surface area (Å²) in [5.74, 6) is -0.494. The van der Waals surface area contributed by atoms with Crippen molar-refractivity contribution in [1.29, 1.82) is 0 Å². The molecule has 1 heteroatoms. The maximum Gasteiger partial charge on any atom is 0.0704 e. The molecule has 1 nitrogen and oxygen atoms in total. The van der Waals surface area contributed by atoms with Crippen LogP contribution in [0.3, 0.4) is 0 Å². The van der Waals surface area contributed by atoms with Gasteiger partial charge in [-0.3, -0.25) is 4.98 Å². The van der Waals surface area contributed by atoms with Gasteiger partial charge in [0.25, 0.3) is 0 Å². The summed E-state index contributed by atoms with van der Waals surface area (Å²) >= 11 is 0. The zero-order chi connectivity index (χ0) is 13.0. The largest absolute Gasteiger partial charge is 0.256 e. The van der Waals surface area contributed by atoms with Gasteiger partial charge in [0.1, 0.15) is 0 Å². The lowest BCUT2D eigenvalue weighted by molar-refractivity contribution is 0.641. The topological polar surface area (TPSA) is 12.9 Å². The molecule has 2 aromatic rings. The Morgan fingerprint density at radius 2 is 1.82 bits per heavy atom. The quantitative estimate of drug-likeness (QED) is 0.739. The third-order valence-electron chi connectivity index (χ3n) is 3.09. The fraction of sp³-hybridized carbons (Fsp3) is 0.312. The molecule has 0 N–H and O–H groups in total. The van der Waals surface area contributed by atoms with E-state index in [1.165, 1.54) is 0 Å². The highest BCUT2D eigenvalue weighted by Gasteiger charge is 2.08. The minimum atomic E-state index is -0.494. The molecule has 0 fully saturated rings. The van der Waals surface area contributed by atoms with Crippen LogP contribution in [0.2, 0.25) is 0 Å². The predicted octanol–water partition coefficient (Wildman–Crippen LogP) is 4.65. The van der Waals surface area contributed by atoms with E-state index in [0.717, 1.165) is 29.7 Å². The lowest BCUT2D eigenvalue weighted by Gasteiger charge is -2.13.